The fourth-order valence-electron chi connectivity index (χ4n) is 5.06. The monoisotopic (exact) mass is 780 g/mol. The molecule has 4 N–H and O–H groups in total. The molecule has 0 bridgehead atoms. The van der Waals surface area contributed by atoms with Crippen molar-refractivity contribution >= 4 is 19.8 Å². The maximum atomic E-state index is 12.5. The summed E-state index contributed by atoms with van der Waals surface area (Å²) in [4.78, 5) is 33.4. The van der Waals surface area contributed by atoms with Crippen LogP contribution in [0.15, 0.2) is 72.9 Å². The molecular formula is C43H74NO9P. The molecular weight excluding hydrogens is 705 g/mol. The molecule has 0 saturated heterocycles. The molecule has 310 valence electrons. The molecule has 0 saturated carbocycles. The van der Waals surface area contributed by atoms with Crippen LogP contribution in [0.4, 0.5) is 0 Å². The highest BCUT2D eigenvalue weighted by Gasteiger charge is 2.27. The van der Waals surface area contributed by atoms with E-state index in [9.17, 15) is 19.0 Å². The van der Waals surface area contributed by atoms with Gasteiger partial charge in [0.2, 0.25) is 0 Å². The molecule has 0 radical (unpaired) electrons. The lowest BCUT2D eigenvalue weighted by Crippen LogP contribution is -2.34. The average molecular weight is 780 g/mol. The van der Waals surface area contributed by atoms with Crippen molar-refractivity contribution in [1.82, 2.24) is 0 Å². The maximum absolute atomic E-state index is 12.5. The van der Waals surface area contributed by atoms with E-state index in [0.717, 1.165) is 57.8 Å². The number of ether oxygens (including phenoxy) is 2. The number of hydrogen-bond donors (Lipinski definition) is 3. The van der Waals surface area contributed by atoms with Crippen molar-refractivity contribution in [3.05, 3.63) is 72.9 Å². The van der Waals surface area contributed by atoms with Gasteiger partial charge >= 0.3 is 19.8 Å². The van der Waals surface area contributed by atoms with Crippen LogP contribution in [0.2, 0.25) is 0 Å². The molecule has 0 rings (SSSR count). The molecule has 11 heteroatoms. The second-order valence-corrected chi connectivity index (χ2v) is 14.8. The zero-order chi connectivity index (χ0) is 39.8. The van der Waals surface area contributed by atoms with Gasteiger partial charge in [-0.05, 0) is 70.6 Å². The summed E-state index contributed by atoms with van der Waals surface area (Å²) < 4.78 is 33.2. The van der Waals surface area contributed by atoms with Gasteiger partial charge in [-0.25, -0.2) is 4.57 Å². The van der Waals surface area contributed by atoms with Crippen molar-refractivity contribution in [2.45, 2.75) is 161 Å². The van der Waals surface area contributed by atoms with E-state index in [1.807, 2.05) is 12.2 Å². The third kappa shape index (κ3) is 37.7. The number of allylic oxidation sites excluding steroid dienone is 12. The molecule has 0 aromatic carbocycles. The van der Waals surface area contributed by atoms with Crippen LogP contribution in [-0.4, -0.2) is 60.5 Å². The summed E-state index contributed by atoms with van der Waals surface area (Å²) in [6, 6.07) is -1.49. The van der Waals surface area contributed by atoms with Crippen LogP contribution < -0.4 is 5.73 Å². The maximum Gasteiger partial charge on any atom is 0.472 e. The minimum atomic E-state index is -4.64. The number of carbonyl (C=O) groups excluding carboxylic acids is 1. The van der Waals surface area contributed by atoms with Crippen molar-refractivity contribution in [3.8, 4) is 0 Å². The summed E-state index contributed by atoms with van der Waals surface area (Å²) in [6.45, 7) is 3.62. The molecule has 3 atom stereocenters. The minimum absolute atomic E-state index is 0.0197. The van der Waals surface area contributed by atoms with Gasteiger partial charge in [0.05, 0.1) is 19.8 Å². The van der Waals surface area contributed by atoms with Crippen molar-refractivity contribution < 1.29 is 42.7 Å². The highest BCUT2D eigenvalue weighted by atomic mass is 31.2. The fraction of sp³-hybridized carbons (Fsp3) is 0.674. The Morgan fingerprint density at radius 1 is 0.611 bits per heavy atom. The zero-order valence-corrected chi connectivity index (χ0v) is 34.4. The number of esters is 1. The van der Waals surface area contributed by atoms with Crippen LogP contribution in [0.1, 0.15) is 149 Å². The SMILES string of the molecule is CC/C=C\C/C=C\C/C=C\C/C=C\CCC(=O)OC(COCCCCCCCCCC/C=C\C/C=C\CCCCCC)COP(=O)(O)OCC(N)C(=O)O. The van der Waals surface area contributed by atoms with E-state index in [4.69, 9.17) is 24.8 Å². The van der Waals surface area contributed by atoms with Crippen LogP contribution in [0.5, 0.6) is 0 Å². The topological polar surface area (TPSA) is 155 Å². The number of unbranched alkanes of at least 4 members (excludes halogenated alkanes) is 12. The summed E-state index contributed by atoms with van der Waals surface area (Å²) in [6.07, 6.45) is 46.9. The number of phosphoric acid groups is 1. The zero-order valence-electron chi connectivity index (χ0n) is 33.5. The van der Waals surface area contributed by atoms with E-state index in [2.05, 4.69) is 79.1 Å². The molecule has 0 spiro atoms. The molecule has 0 aromatic heterocycles. The van der Waals surface area contributed by atoms with Gasteiger partial charge in [-0.2, -0.15) is 0 Å². The highest BCUT2D eigenvalue weighted by molar-refractivity contribution is 7.47. The van der Waals surface area contributed by atoms with E-state index in [-0.39, 0.29) is 13.0 Å². The second-order valence-electron chi connectivity index (χ2n) is 13.4. The van der Waals surface area contributed by atoms with E-state index in [0.29, 0.717) is 13.0 Å². The number of carboxylic acid groups (broad SMARTS) is 1. The van der Waals surface area contributed by atoms with Crippen molar-refractivity contribution in [2.75, 3.05) is 26.4 Å². The van der Waals surface area contributed by atoms with Crippen LogP contribution in [0.25, 0.3) is 0 Å². The lowest BCUT2D eigenvalue weighted by molar-refractivity contribution is -0.154. The first-order valence-electron chi connectivity index (χ1n) is 20.5. The van der Waals surface area contributed by atoms with E-state index in [1.165, 1.54) is 64.2 Å². The third-order valence-corrected chi connectivity index (χ3v) is 9.18. The normalized spacial score (nSPS) is 14.7. The molecule has 0 aliphatic rings. The van der Waals surface area contributed by atoms with Crippen molar-refractivity contribution in [1.29, 1.82) is 0 Å². The molecule has 3 unspecified atom stereocenters. The Hall–Kier alpha value is -2.59. The van der Waals surface area contributed by atoms with Gasteiger partial charge in [-0.3, -0.25) is 18.6 Å². The standard InChI is InChI=1S/C43H74NO9P/c1-3-5-7-9-11-13-15-17-18-19-20-21-22-24-26-28-30-32-34-36-50-37-40(38-51-54(48,49)52-39-41(44)43(46)47)53-42(45)35-33-31-29-27-25-23-16-14-12-10-8-6-4-2/h6,8,12-15,18-19,23,25,29,31,40-41H,3-5,7,9-11,16-17,20-22,24,26-28,30,32-39,44H2,1-2H3,(H,46,47)(H,48,49)/b8-6-,14-12-,15-13-,19-18-,25-23-,31-29-. The first-order valence-corrected chi connectivity index (χ1v) is 22.0. The van der Waals surface area contributed by atoms with Gasteiger partial charge in [0.25, 0.3) is 0 Å². The Balaban J connectivity index is 4.35. The summed E-state index contributed by atoms with van der Waals surface area (Å²) in [5, 5.41) is 8.88. The number of phosphoric ester groups is 1. The minimum Gasteiger partial charge on any atom is -0.480 e. The van der Waals surface area contributed by atoms with Crippen molar-refractivity contribution in [2.24, 2.45) is 5.73 Å². The van der Waals surface area contributed by atoms with E-state index >= 15 is 0 Å². The van der Waals surface area contributed by atoms with E-state index < -0.39 is 45.1 Å². The lowest BCUT2D eigenvalue weighted by Gasteiger charge is -2.20. The molecule has 0 amide bonds. The summed E-state index contributed by atoms with van der Waals surface area (Å²) in [5.74, 6) is -1.87. The third-order valence-electron chi connectivity index (χ3n) is 8.23. The Kier molecular flexibility index (Phi) is 36.8. The van der Waals surface area contributed by atoms with Gasteiger partial charge in [0.1, 0.15) is 12.1 Å². The quantitative estimate of drug-likeness (QED) is 0.0239. The number of rotatable bonds is 38. The predicted octanol–water partition coefficient (Wildman–Crippen LogP) is 11.0. The molecule has 0 heterocycles. The first-order chi connectivity index (χ1) is 26.2. The second kappa shape index (κ2) is 38.7. The van der Waals surface area contributed by atoms with Crippen molar-refractivity contribution in [3.63, 3.8) is 0 Å². The van der Waals surface area contributed by atoms with Gasteiger partial charge in [-0.1, -0.05) is 145 Å². The van der Waals surface area contributed by atoms with Gasteiger partial charge in [-0.15, -0.1) is 0 Å². The largest absolute Gasteiger partial charge is 0.480 e. The molecule has 54 heavy (non-hydrogen) atoms. The number of aliphatic carboxylic acids is 1. The van der Waals surface area contributed by atoms with Crippen LogP contribution >= 0.6 is 7.82 Å². The Bertz CT molecular complexity index is 1130. The molecule has 0 aliphatic heterocycles. The summed E-state index contributed by atoms with van der Waals surface area (Å²) in [7, 11) is -4.64. The number of carboxylic acids is 1. The average Bonchev–Trinajstić information content (AvgIpc) is 3.15. The number of carbonyl (C=O) groups is 2. The van der Waals surface area contributed by atoms with Gasteiger partial charge in [0, 0.05) is 13.0 Å². The van der Waals surface area contributed by atoms with Gasteiger partial charge < -0.3 is 25.2 Å². The first kappa shape index (κ1) is 51.4. The van der Waals surface area contributed by atoms with Crippen LogP contribution in [0, 0.1) is 0 Å². The molecule has 0 aliphatic carbocycles. The van der Waals surface area contributed by atoms with E-state index in [1.54, 1.807) is 0 Å². The van der Waals surface area contributed by atoms with Gasteiger partial charge in [0.15, 0.2) is 0 Å². The summed E-state index contributed by atoms with van der Waals surface area (Å²) >= 11 is 0. The smallest absolute Gasteiger partial charge is 0.472 e. The lowest BCUT2D eigenvalue weighted by atomic mass is 10.1. The molecule has 10 nitrogen and oxygen atoms in total. The number of hydrogen-bond acceptors (Lipinski definition) is 8. The Morgan fingerprint density at radius 2 is 1.07 bits per heavy atom. The van der Waals surface area contributed by atoms with Crippen LogP contribution in [-0.2, 0) is 32.7 Å². The molecule has 0 aromatic rings. The Morgan fingerprint density at radius 3 is 1.61 bits per heavy atom. The Labute approximate surface area is 327 Å². The highest BCUT2D eigenvalue weighted by Crippen LogP contribution is 2.43. The van der Waals surface area contributed by atoms with Crippen LogP contribution in [0.3, 0.4) is 0 Å². The fourth-order valence-corrected chi connectivity index (χ4v) is 5.84. The predicted molar refractivity (Wildman–Crippen MR) is 221 cm³/mol. The summed E-state index contributed by atoms with van der Waals surface area (Å²) in [5.41, 5.74) is 5.34. The number of nitrogens with two attached hydrogens (primary N) is 1. The molecule has 0 fully saturated rings.